The van der Waals surface area contributed by atoms with Crippen LogP contribution in [-0.2, 0) is 20.0 Å². The van der Waals surface area contributed by atoms with Crippen LogP contribution in [0.4, 0.5) is 56.2 Å². The van der Waals surface area contributed by atoms with Crippen LogP contribution in [0.5, 0.6) is 0 Å². The highest BCUT2D eigenvalue weighted by atomic mass is 35.5. The van der Waals surface area contributed by atoms with E-state index in [0.29, 0.717) is 126 Å². The van der Waals surface area contributed by atoms with Crippen molar-refractivity contribution in [2.75, 3.05) is 90.8 Å². The summed E-state index contributed by atoms with van der Waals surface area (Å²) in [6.07, 6.45) is 6.95. The number of rotatable bonds is 5. The quantitative estimate of drug-likeness (QED) is 0.0920. The topological polar surface area (TPSA) is 264 Å². The number of urea groups is 2. The molecule has 2 saturated carbocycles. The van der Waals surface area contributed by atoms with Crippen LogP contribution in [0.2, 0.25) is 5.15 Å². The number of hydrogen-bond donors (Lipinski definition) is 5. The van der Waals surface area contributed by atoms with E-state index in [4.69, 9.17) is 16.6 Å². The molecule has 484 valence electrons. The molecule has 2 aliphatic carbocycles. The highest BCUT2D eigenvalue weighted by Gasteiger charge is 2.44. The van der Waals surface area contributed by atoms with Crippen molar-refractivity contribution in [1.82, 2.24) is 44.5 Å². The van der Waals surface area contributed by atoms with Gasteiger partial charge in [-0.05, 0) is 164 Å². The first-order chi connectivity index (χ1) is 42.0. The molecular formula is C60H79ClF4N14O8S2. The molecule has 4 aromatic heterocycles. The number of hydrogen-bond acceptors (Lipinski definition) is 16. The Hall–Kier alpha value is -6.81. The lowest BCUT2D eigenvalue weighted by molar-refractivity contribution is -0.0479. The van der Waals surface area contributed by atoms with Crippen molar-refractivity contribution in [3.05, 3.63) is 76.9 Å². The molecule has 6 aliphatic heterocycles. The number of nitrogens with zero attached hydrogens (tertiary/aromatic N) is 9. The normalized spacial score (nSPS) is 24.6. The monoisotopic (exact) mass is 1300 g/mol. The smallest absolute Gasteiger partial charge is 0.325 e. The molecule has 0 aromatic carbocycles. The lowest BCUT2D eigenvalue weighted by atomic mass is 9.86. The van der Waals surface area contributed by atoms with Gasteiger partial charge in [0, 0.05) is 102 Å². The molecule has 0 spiro atoms. The van der Waals surface area contributed by atoms with Gasteiger partial charge in [-0.3, -0.25) is 14.5 Å². The zero-order valence-electron chi connectivity index (χ0n) is 50.6. The third kappa shape index (κ3) is 15.7. The predicted octanol–water partition coefficient (Wildman–Crippen LogP) is 9.37. The summed E-state index contributed by atoms with van der Waals surface area (Å²) in [6.45, 7) is 14.3. The summed E-state index contributed by atoms with van der Waals surface area (Å²) < 4.78 is 109. The molecule has 5 N–H and O–H groups in total. The minimum Gasteiger partial charge on any atom is -0.370 e. The zero-order valence-corrected chi connectivity index (χ0v) is 52.9. The van der Waals surface area contributed by atoms with Crippen LogP contribution >= 0.6 is 11.6 Å². The lowest BCUT2D eigenvalue weighted by Gasteiger charge is -2.34. The molecule has 12 rings (SSSR count). The van der Waals surface area contributed by atoms with Crippen LogP contribution in [0.3, 0.4) is 0 Å². The van der Waals surface area contributed by atoms with Crippen LogP contribution in [0.1, 0.15) is 138 Å². The Bertz CT molecular complexity index is 3520. The third-order valence-corrected chi connectivity index (χ3v) is 20.9. The summed E-state index contributed by atoms with van der Waals surface area (Å²) in [5.41, 5.74) is -0.375. The summed E-state index contributed by atoms with van der Waals surface area (Å²) in [7, 11) is -8.45. The summed E-state index contributed by atoms with van der Waals surface area (Å²) in [4.78, 5) is 78.0. The molecule has 4 saturated heterocycles. The van der Waals surface area contributed by atoms with E-state index >= 15 is 0 Å². The van der Waals surface area contributed by atoms with E-state index in [1.54, 1.807) is 45.0 Å². The van der Waals surface area contributed by atoms with E-state index in [9.17, 15) is 53.6 Å². The highest BCUT2D eigenvalue weighted by molar-refractivity contribution is 7.90. The largest absolute Gasteiger partial charge is 0.370 e. The number of halogens is 5. The van der Waals surface area contributed by atoms with Crippen molar-refractivity contribution in [1.29, 1.82) is 0 Å². The van der Waals surface area contributed by atoms with Gasteiger partial charge < -0.3 is 35.6 Å². The second-order valence-electron chi connectivity index (χ2n) is 25.9. The fourth-order valence-corrected chi connectivity index (χ4v) is 15.5. The molecule has 4 aromatic rings. The van der Waals surface area contributed by atoms with Crippen molar-refractivity contribution in [2.45, 2.75) is 151 Å². The molecule has 6 amide bonds. The molecule has 10 heterocycles. The minimum absolute atomic E-state index is 0.0207. The number of fused-ring (bicyclic) bond motifs is 12. The summed E-state index contributed by atoms with van der Waals surface area (Å²) in [5, 5.41) is 8.83. The Balaban J connectivity index is 0.000000166. The van der Waals surface area contributed by atoms with E-state index in [0.717, 1.165) is 45.1 Å². The number of carbonyl (C=O) groups excluding carboxylic acids is 4. The van der Waals surface area contributed by atoms with Crippen molar-refractivity contribution in [3.63, 3.8) is 0 Å². The number of amides is 6. The number of aromatic nitrogens is 4. The number of pyridine rings is 4. The van der Waals surface area contributed by atoms with Crippen LogP contribution in [0.25, 0.3) is 0 Å². The molecule has 0 radical (unpaired) electrons. The standard InChI is InChI=1S/C30H39F2N7O4S.C20H24ClN5O3S.C10H16F2N2O/c1-29(2)17-21-5-4-14-33-23-6-3-7-25(34-23)44(42,43)36-27(40)22-8-9-24(35-26(22)39(29)19-21)38-16-15-37(28(38)41)18-20-10-12-30(31,32)13-11-20;1-20(2)11-13-5-4-10-22-16-6-3-7-17(24-16)30(28,29)25-19(27)14-8-9-15(21)23-18(14)26(20)12-13;11-10(12)3-1-8(2-4-10)7-14-6-5-13-9(14)15/h3,6-9,20-21H,4-5,10-19H2,1-2H3,(H,33,34)(H,36,40);3,6-9,13H,4-5,10-12H2,1-2H3,(H,22,24)(H,25,27);8H,1-7H2,(H,13,15)/t21-;13-;/m00./s1. The van der Waals surface area contributed by atoms with Gasteiger partial charge in [-0.1, -0.05) is 23.7 Å². The summed E-state index contributed by atoms with van der Waals surface area (Å²) in [5.74, 6) is -3.71. The maximum absolute atomic E-state index is 13.7. The average molecular weight is 1300 g/mol. The number of sulfonamides is 2. The maximum Gasteiger partial charge on any atom is 0.325 e. The van der Waals surface area contributed by atoms with Gasteiger partial charge in [0.25, 0.3) is 31.9 Å². The average Bonchev–Trinajstić information content (AvgIpc) is 2.09. The molecule has 29 heteroatoms. The van der Waals surface area contributed by atoms with Gasteiger partial charge in [-0.15, -0.1) is 0 Å². The summed E-state index contributed by atoms with van der Waals surface area (Å²) >= 11 is 6.14. The van der Waals surface area contributed by atoms with Crippen molar-refractivity contribution in [2.24, 2.45) is 23.7 Å². The van der Waals surface area contributed by atoms with E-state index in [1.807, 2.05) is 0 Å². The predicted molar refractivity (Wildman–Crippen MR) is 329 cm³/mol. The molecule has 6 fully saturated rings. The first-order valence-electron chi connectivity index (χ1n) is 30.7. The van der Waals surface area contributed by atoms with Gasteiger partial charge in [-0.2, -0.15) is 16.8 Å². The van der Waals surface area contributed by atoms with Crippen LogP contribution in [0, 0.1) is 23.7 Å². The van der Waals surface area contributed by atoms with Gasteiger partial charge in [0.2, 0.25) is 11.8 Å². The molecule has 0 unspecified atom stereocenters. The van der Waals surface area contributed by atoms with Gasteiger partial charge in [0.1, 0.15) is 34.2 Å². The van der Waals surface area contributed by atoms with Crippen molar-refractivity contribution >= 4 is 84.6 Å². The van der Waals surface area contributed by atoms with E-state index < -0.39 is 43.7 Å². The fourth-order valence-electron chi connectivity index (χ4n) is 13.5. The van der Waals surface area contributed by atoms with Crippen molar-refractivity contribution in [3.8, 4) is 0 Å². The van der Waals surface area contributed by atoms with Gasteiger partial charge in [0.05, 0.1) is 11.1 Å². The van der Waals surface area contributed by atoms with Gasteiger partial charge in [-0.25, -0.2) is 56.5 Å². The van der Waals surface area contributed by atoms with E-state index in [-0.39, 0.29) is 87.0 Å². The maximum atomic E-state index is 13.7. The Kier molecular flexibility index (Phi) is 19.2. The molecule has 2 atom stereocenters. The second kappa shape index (κ2) is 26.2. The SMILES string of the molecule is CC1(C)C[C@@H]2CCCNc3cccc(n3)S(=O)(=O)NC(=O)c3ccc(Cl)nc3N1C2.CC1(C)C[C@@H]2CCCNc3cccc(n3)S(=O)(=O)NC(=O)c3ccc(N4CCN(CC5CCC(F)(F)CC5)C4=O)nc3N1C2.O=C1NCCN1CC1CCC(F)(F)CC1. The molecule has 22 nitrogen and oxygen atoms in total. The van der Waals surface area contributed by atoms with Gasteiger partial charge in [0.15, 0.2) is 10.1 Å². The molecule has 89 heavy (non-hydrogen) atoms. The Morgan fingerprint density at radius 1 is 0.551 bits per heavy atom. The zero-order chi connectivity index (χ0) is 63.7. The minimum atomic E-state index is -4.29. The van der Waals surface area contributed by atoms with E-state index in [2.05, 4.69) is 77.8 Å². The second-order valence-corrected chi connectivity index (χ2v) is 29.6. The molecule has 8 bridgehead atoms. The van der Waals surface area contributed by atoms with Crippen LogP contribution in [-0.4, -0.2) is 159 Å². The van der Waals surface area contributed by atoms with Crippen molar-refractivity contribution < 1.29 is 53.6 Å². The summed E-state index contributed by atoms with van der Waals surface area (Å²) in [6, 6.07) is 15.0. The number of anilines is 5. The Morgan fingerprint density at radius 2 is 1.02 bits per heavy atom. The van der Waals surface area contributed by atoms with Crippen LogP contribution < -0.4 is 40.1 Å². The van der Waals surface area contributed by atoms with Gasteiger partial charge >= 0.3 is 12.1 Å². The number of alkyl halides is 4. The number of carbonyl (C=O) groups is 4. The molecule has 8 aliphatic rings. The Morgan fingerprint density at radius 3 is 1.51 bits per heavy atom. The highest BCUT2D eigenvalue weighted by Crippen LogP contribution is 2.43. The van der Waals surface area contributed by atoms with E-state index in [1.165, 1.54) is 30.3 Å². The fraction of sp³-hybridized carbons (Fsp3) is 0.600. The van der Waals surface area contributed by atoms with Crippen LogP contribution in [0.15, 0.2) is 70.7 Å². The molecular weight excluding hydrogens is 1220 g/mol. The first kappa shape index (κ1) is 65.2. The Labute approximate surface area is 522 Å². The first-order valence-corrected chi connectivity index (χ1v) is 34.0. The lowest BCUT2D eigenvalue weighted by Crippen LogP contribution is -2.41. The number of nitrogens with one attached hydrogen (secondary N) is 5. The third-order valence-electron chi connectivity index (χ3n) is 18.2.